The van der Waals surface area contributed by atoms with Gasteiger partial charge in [-0.1, -0.05) is 26.7 Å². The minimum atomic E-state index is -0.877. The Kier molecular flexibility index (Phi) is 6.33. The van der Waals surface area contributed by atoms with E-state index < -0.39 is 12.0 Å². The molecule has 0 aromatic carbocycles. The minimum Gasteiger partial charge on any atom is -0.390 e. The van der Waals surface area contributed by atoms with Crippen molar-refractivity contribution in [3.05, 3.63) is 0 Å². The Hall–Kier alpha value is -0.550. The number of rotatable bonds is 7. The van der Waals surface area contributed by atoms with Gasteiger partial charge in [-0.3, -0.25) is 9.59 Å². The van der Waals surface area contributed by atoms with Gasteiger partial charge >= 0.3 is 0 Å². The van der Waals surface area contributed by atoms with Crippen LogP contribution in [0.25, 0.3) is 0 Å². The van der Waals surface area contributed by atoms with Crippen LogP contribution in [-0.4, -0.2) is 34.2 Å². The zero-order chi connectivity index (χ0) is 14.6. The number of aliphatic hydroxyl groups is 1. The molecule has 0 bridgehead atoms. The van der Waals surface area contributed by atoms with Gasteiger partial charge in [-0.05, 0) is 25.7 Å². The lowest BCUT2D eigenvalue weighted by Gasteiger charge is -2.17. The van der Waals surface area contributed by atoms with Crippen LogP contribution in [0.2, 0.25) is 0 Å². The zero-order valence-corrected chi connectivity index (χ0v) is 12.8. The lowest BCUT2D eigenvalue weighted by Crippen LogP contribution is -2.32. The second-order valence-electron chi connectivity index (χ2n) is 5.79. The van der Waals surface area contributed by atoms with Gasteiger partial charge in [-0.2, -0.15) is 12.6 Å². The summed E-state index contributed by atoms with van der Waals surface area (Å²) in [5, 5.41) is 13.1. The number of amides is 1. The van der Waals surface area contributed by atoms with Gasteiger partial charge in [0.2, 0.25) is 5.91 Å². The van der Waals surface area contributed by atoms with Crippen molar-refractivity contribution in [2.45, 2.75) is 63.9 Å². The van der Waals surface area contributed by atoms with E-state index in [4.69, 9.17) is 0 Å². The monoisotopic (exact) mass is 287 g/mol. The molecule has 1 rings (SSSR count). The molecule has 0 aromatic rings. The molecule has 0 aliphatic carbocycles. The molecule has 0 saturated carbocycles. The fourth-order valence-electron chi connectivity index (χ4n) is 2.46. The number of hydrogen-bond donors (Lipinski definition) is 3. The van der Waals surface area contributed by atoms with Gasteiger partial charge in [0.1, 0.15) is 11.7 Å². The number of ketones is 1. The van der Waals surface area contributed by atoms with E-state index in [1.165, 1.54) is 6.92 Å². The fraction of sp³-hybridized carbons (Fsp3) is 0.857. The number of carbonyl (C=O) groups excluding carboxylic acids is 2. The van der Waals surface area contributed by atoms with Crippen LogP contribution in [0.1, 0.15) is 46.5 Å². The van der Waals surface area contributed by atoms with E-state index in [9.17, 15) is 14.7 Å². The average molecular weight is 287 g/mol. The van der Waals surface area contributed by atoms with Crippen LogP contribution in [0.15, 0.2) is 0 Å². The molecule has 4 unspecified atom stereocenters. The normalized spacial score (nSPS) is 28.5. The maximum absolute atomic E-state index is 11.6. The van der Waals surface area contributed by atoms with E-state index in [0.29, 0.717) is 11.2 Å². The molecule has 0 radical (unpaired) electrons. The van der Waals surface area contributed by atoms with Gasteiger partial charge in [-0.25, -0.2) is 0 Å². The Bertz CT molecular complexity index is 333. The number of hydrogen-bond acceptors (Lipinski definition) is 4. The Morgan fingerprint density at radius 1 is 1.42 bits per heavy atom. The van der Waals surface area contributed by atoms with Gasteiger partial charge in [0.25, 0.3) is 0 Å². The molecule has 4 nitrogen and oxygen atoms in total. The van der Waals surface area contributed by atoms with Crippen molar-refractivity contribution in [3.63, 3.8) is 0 Å². The number of nitrogens with one attached hydrogen (secondary N) is 1. The third-order valence-electron chi connectivity index (χ3n) is 3.84. The standard InChI is InChI=1S/C14H25NO3S/c1-8(2)11(19)7-5-4-6-10-13(17)12(9(3)16)14(18)15-10/h8,10-13,17,19H,4-7H2,1-3H3,(H,15,18). The molecule has 110 valence electrons. The molecule has 1 aliphatic rings. The number of Topliss-reactive ketones (excluding diaryl/α,β-unsaturated/α-hetero) is 1. The summed E-state index contributed by atoms with van der Waals surface area (Å²) >= 11 is 4.52. The lowest BCUT2D eigenvalue weighted by molar-refractivity contribution is -0.132. The predicted octanol–water partition coefficient (Wildman–Crippen LogP) is 1.57. The third-order valence-corrected chi connectivity index (χ3v) is 4.69. The van der Waals surface area contributed by atoms with Crippen LogP contribution in [-0.2, 0) is 9.59 Å². The van der Waals surface area contributed by atoms with E-state index >= 15 is 0 Å². The molecule has 5 heteroatoms. The van der Waals surface area contributed by atoms with Crippen molar-refractivity contribution < 1.29 is 14.7 Å². The van der Waals surface area contributed by atoms with Crippen molar-refractivity contribution in [2.24, 2.45) is 11.8 Å². The molecule has 19 heavy (non-hydrogen) atoms. The van der Waals surface area contributed by atoms with E-state index in [1.807, 2.05) is 0 Å². The van der Waals surface area contributed by atoms with Crippen molar-refractivity contribution in [2.75, 3.05) is 0 Å². The van der Waals surface area contributed by atoms with Gasteiger partial charge in [0.15, 0.2) is 0 Å². The first-order valence-corrected chi connectivity index (χ1v) is 7.53. The lowest BCUT2D eigenvalue weighted by atomic mass is 9.94. The van der Waals surface area contributed by atoms with Crippen LogP contribution in [0, 0.1) is 11.8 Å². The summed E-state index contributed by atoms with van der Waals surface area (Å²) in [6, 6.07) is -0.279. The molecule has 1 fully saturated rings. The van der Waals surface area contributed by atoms with E-state index in [0.717, 1.165) is 25.7 Å². The highest BCUT2D eigenvalue weighted by Gasteiger charge is 2.43. The number of thiol groups is 1. The summed E-state index contributed by atoms with van der Waals surface area (Å²) in [6.45, 7) is 5.65. The molecule has 0 spiro atoms. The van der Waals surface area contributed by atoms with E-state index in [1.54, 1.807) is 0 Å². The second-order valence-corrected chi connectivity index (χ2v) is 6.45. The number of unbranched alkanes of at least 4 members (excludes halogenated alkanes) is 1. The number of carbonyl (C=O) groups is 2. The summed E-state index contributed by atoms with van der Waals surface area (Å²) in [5.41, 5.74) is 0. The molecule has 1 aliphatic heterocycles. The molecule has 0 aromatic heterocycles. The van der Waals surface area contributed by atoms with Crippen LogP contribution < -0.4 is 5.32 Å². The first-order valence-electron chi connectivity index (χ1n) is 7.01. The highest BCUT2D eigenvalue weighted by molar-refractivity contribution is 7.81. The van der Waals surface area contributed by atoms with Crippen molar-refractivity contribution in [3.8, 4) is 0 Å². The first kappa shape index (κ1) is 16.5. The van der Waals surface area contributed by atoms with Crippen LogP contribution in [0.5, 0.6) is 0 Å². The highest BCUT2D eigenvalue weighted by atomic mass is 32.1. The zero-order valence-electron chi connectivity index (χ0n) is 11.9. The smallest absolute Gasteiger partial charge is 0.233 e. The van der Waals surface area contributed by atoms with E-state index in [-0.39, 0.29) is 17.7 Å². The van der Waals surface area contributed by atoms with Gasteiger partial charge < -0.3 is 10.4 Å². The minimum absolute atomic E-state index is 0.261. The fourth-order valence-corrected chi connectivity index (χ4v) is 2.65. The maximum atomic E-state index is 11.6. The Labute approximate surface area is 120 Å². The second kappa shape index (κ2) is 7.29. The Morgan fingerprint density at radius 2 is 2.05 bits per heavy atom. The maximum Gasteiger partial charge on any atom is 0.233 e. The van der Waals surface area contributed by atoms with Crippen LogP contribution >= 0.6 is 12.6 Å². The molecular formula is C14H25NO3S. The number of aliphatic hydroxyl groups excluding tert-OH is 1. The highest BCUT2D eigenvalue weighted by Crippen LogP contribution is 2.23. The Morgan fingerprint density at radius 3 is 2.53 bits per heavy atom. The summed E-state index contributed by atoms with van der Waals surface area (Å²) in [4.78, 5) is 22.8. The van der Waals surface area contributed by atoms with Gasteiger partial charge in [-0.15, -0.1) is 0 Å². The summed E-state index contributed by atoms with van der Waals surface area (Å²) in [6.07, 6.45) is 2.83. The largest absolute Gasteiger partial charge is 0.390 e. The van der Waals surface area contributed by atoms with Crippen molar-refractivity contribution in [1.82, 2.24) is 5.32 Å². The van der Waals surface area contributed by atoms with Gasteiger partial charge in [0, 0.05) is 5.25 Å². The first-order chi connectivity index (χ1) is 8.84. The van der Waals surface area contributed by atoms with Gasteiger partial charge in [0.05, 0.1) is 12.1 Å². The predicted molar refractivity (Wildman–Crippen MR) is 78.2 cm³/mol. The van der Waals surface area contributed by atoms with Crippen LogP contribution in [0.4, 0.5) is 0 Å². The molecule has 4 atom stereocenters. The molecule has 1 saturated heterocycles. The Balaban J connectivity index is 2.31. The molecule has 1 amide bonds. The summed E-state index contributed by atoms with van der Waals surface area (Å²) in [7, 11) is 0. The topological polar surface area (TPSA) is 66.4 Å². The summed E-state index contributed by atoms with van der Waals surface area (Å²) < 4.78 is 0. The van der Waals surface area contributed by atoms with E-state index in [2.05, 4.69) is 31.8 Å². The SMILES string of the molecule is CC(=O)C1C(=O)NC(CCCCC(S)C(C)C)C1O. The van der Waals surface area contributed by atoms with Crippen LogP contribution in [0.3, 0.4) is 0 Å². The summed E-state index contributed by atoms with van der Waals surface area (Å²) in [5.74, 6) is -0.914. The van der Waals surface area contributed by atoms with Crippen molar-refractivity contribution >= 4 is 24.3 Å². The molecule has 2 N–H and O–H groups in total. The molecule has 1 heterocycles. The third kappa shape index (κ3) is 4.49. The average Bonchev–Trinajstić information content (AvgIpc) is 2.59. The molecular weight excluding hydrogens is 262 g/mol. The quantitative estimate of drug-likeness (QED) is 0.378. The van der Waals surface area contributed by atoms with Crippen molar-refractivity contribution in [1.29, 1.82) is 0 Å².